The van der Waals surface area contributed by atoms with E-state index in [-0.39, 0.29) is 6.29 Å². The molecule has 2 aliphatic rings. The molecule has 2 aromatic carbocycles. The van der Waals surface area contributed by atoms with Crippen LogP contribution in [0.2, 0.25) is 0 Å². The summed E-state index contributed by atoms with van der Waals surface area (Å²) in [7, 11) is 0. The van der Waals surface area contributed by atoms with Crippen LogP contribution in [0.3, 0.4) is 0 Å². The molecular formula is C18H22N4. The highest BCUT2D eigenvalue weighted by Gasteiger charge is 2.33. The Hall–Kier alpha value is -1.88. The molecule has 1 saturated heterocycles. The van der Waals surface area contributed by atoms with Crippen molar-refractivity contribution in [1.29, 1.82) is 0 Å². The maximum absolute atomic E-state index is 5.93. The third-order valence-corrected chi connectivity index (χ3v) is 4.93. The molecule has 2 aliphatic heterocycles. The fraction of sp³-hybridized carbons (Fsp3) is 0.333. The molecule has 1 fully saturated rings. The molecule has 0 bridgehead atoms. The van der Waals surface area contributed by atoms with Gasteiger partial charge in [0.25, 0.3) is 0 Å². The highest BCUT2D eigenvalue weighted by atomic mass is 15.4. The summed E-state index contributed by atoms with van der Waals surface area (Å²) in [6.45, 7) is 2.74. The number of rotatable bonds is 1. The summed E-state index contributed by atoms with van der Waals surface area (Å²) in [5.41, 5.74) is 17.4. The molecule has 4 rings (SSSR count). The number of nitrogens with zero attached hydrogens (tertiary/aromatic N) is 2. The highest BCUT2D eigenvalue weighted by Crippen LogP contribution is 2.38. The molecule has 4 N–H and O–H groups in total. The molecule has 0 saturated carbocycles. The van der Waals surface area contributed by atoms with Gasteiger partial charge in [-0.25, -0.2) is 0 Å². The quantitative estimate of drug-likeness (QED) is 0.785. The molecule has 22 heavy (non-hydrogen) atoms. The van der Waals surface area contributed by atoms with Gasteiger partial charge in [-0.2, -0.15) is 0 Å². The Bertz CT molecular complexity index is 682. The van der Waals surface area contributed by atoms with Crippen LogP contribution in [-0.2, 0) is 6.42 Å². The van der Waals surface area contributed by atoms with Crippen LogP contribution in [0, 0.1) is 0 Å². The Morgan fingerprint density at radius 3 is 2.45 bits per heavy atom. The van der Waals surface area contributed by atoms with Crippen LogP contribution in [0.4, 0.5) is 5.69 Å². The van der Waals surface area contributed by atoms with Gasteiger partial charge in [-0.1, -0.05) is 42.5 Å². The summed E-state index contributed by atoms with van der Waals surface area (Å²) in [5.74, 6) is 0. The van der Waals surface area contributed by atoms with Crippen molar-refractivity contribution in [2.75, 3.05) is 24.5 Å². The van der Waals surface area contributed by atoms with Gasteiger partial charge >= 0.3 is 0 Å². The van der Waals surface area contributed by atoms with Crippen LogP contribution in [0.15, 0.2) is 48.5 Å². The minimum atomic E-state index is -0.382. The van der Waals surface area contributed by atoms with Gasteiger partial charge in [-0.05, 0) is 29.2 Å². The normalized spacial score (nSPS) is 21.0. The van der Waals surface area contributed by atoms with E-state index in [2.05, 4.69) is 58.3 Å². The largest absolute Gasteiger partial charge is 0.362 e. The SMILES string of the molecule is NC(N)N1CCN2c3ccccc3Cc3ccccc3C2C1. The Labute approximate surface area is 131 Å². The van der Waals surface area contributed by atoms with Crippen molar-refractivity contribution < 1.29 is 0 Å². The predicted octanol–water partition coefficient (Wildman–Crippen LogP) is 1.66. The molecule has 2 aromatic rings. The van der Waals surface area contributed by atoms with E-state index in [0.29, 0.717) is 6.04 Å². The first kappa shape index (κ1) is 13.8. The summed E-state index contributed by atoms with van der Waals surface area (Å²) in [6.07, 6.45) is 0.612. The Kier molecular flexibility index (Phi) is 3.37. The zero-order chi connectivity index (χ0) is 15.1. The van der Waals surface area contributed by atoms with Crippen molar-refractivity contribution in [3.05, 3.63) is 65.2 Å². The van der Waals surface area contributed by atoms with E-state index in [1.165, 1.54) is 22.4 Å². The van der Waals surface area contributed by atoms with Crippen molar-refractivity contribution in [3.8, 4) is 0 Å². The number of piperazine rings is 1. The van der Waals surface area contributed by atoms with Crippen LogP contribution >= 0.6 is 0 Å². The molecule has 0 aliphatic carbocycles. The van der Waals surface area contributed by atoms with E-state index in [9.17, 15) is 0 Å². The summed E-state index contributed by atoms with van der Waals surface area (Å²) < 4.78 is 0. The average Bonchev–Trinajstić information content (AvgIpc) is 2.69. The second-order valence-electron chi connectivity index (χ2n) is 6.20. The maximum Gasteiger partial charge on any atom is 0.109 e. The second kappa shape index (κ2) is 5.39. The van der Waals surface area contributed by atoms with Crippen LogP contribution < -0.4 is 16.4 Å². The Morgan fingerprint density at radius 1 is 0.909 bits per heavy atom. The standard InChI is InChI=1S/C18H22N4/c19-18(20)21-9-10-22-16-8-4-2-6-14(16)11-13-5-1-3-7-15(13)17(22)12-21/h1-8,17-18H,9-12,19-20H2. The molecular weight excluding hydrogens is 272 g/mol. The van der Waals surface area contributed by atoms with Gasteiger partial charge in [-0.15, -0.1) is 0 Å². The second-order valence-corrected chi connectivity index (χ2v) is 6.20. The van der Waals surface area contributed by atoms with Gasteiger partial charge in [0.1, 0.15) is 6.29 Å². The van der Waals surface area contributed by atoms with Gasteiger partial charge in [0.15, 0.2) is 0 Å². The molecule has 1 unspecified atom stereocenters. The molecule has 0 spiro atoms. The summed E-state index contributed by atoms with van der Waals surface area (Å²) >= 11 is 0. The van der Waals surface area contributed by atoms with E-state index in [0.717, 1.165) is 26.1 Å². The molecule has 4 heteroatoms. The van der Waals surface area contributed by atoms with Crippen molar-refractivity contribution in [2.24, 2.45) is 11.5 Å². The van der Waals surface area contributed by atoms with Gasteiger partial charge in [0.05, 0.1) is 6.04 Å². The number of hydrogen-bond acceptors (Lipinski definition) is 4. The monoisotopic (exact) mass is 294 g/mol. The summed E-state index contributed by atoms with van der Waals surface area (Å²) in [6, 6.07) is 17.8. The van der Waals surface area contributed by atoms with Crippen LogP contribution in [0.1, 0.15) is 22.7 Å². The van der Waals surface area contributed by atoms with Crippen LogP contribution in [0.5, 0.6) is 0 Å². The van der Waals surface area contributed by atoms with Gasteiger partial charge < -0.3 is 16.4 Å². The van der Waals surface area contributed by atoms with Crippen molar-refractivity contribution in [1.82, 2.24) is 4.90 Å². The van der Waals surface area contributed by atoms with E-state index in [4.69, 9.17) is 11.5 Å². The molecule has 0 amide bonds. The minimum absolute atomic E-state index is 0.322. The van der Waals surface area contributed by atoms with Crippen molar-refractivity contribution in [3.63, 3.8) is 0 Å². The van der Waals surface area contributed by atoms with E-state index < -0.39 is 0 Å². The lowest BCUT2D eigenvalue weighted by molar-refractivity contribution is 0.166. The first-order valence-electron chi connectivity index (χ1n) is 7.91. The van der Waals surface area contributed by atoms with Gasteiger partial charge in [-0.3, -0.25) is 4.90 Å². The van der Waals surface area contributed by atoms with Crippen LogP contribution in [0.25, 0.3) is 0 Å². The third kappa shape index (κ3) is 2.20. The molecule has 0 aromatic heterocycles. The van der Waals surface area contributed by atoms with Crippen LogP contribution in [-0.4, -0.2) is 30.8 Å². The van der Waals surface area contributed by atoms with Crippen molar-refractivity contribution >= 4 is 5.69 Å². The highest BCUT2D eigenvalue weighted by molar-refractivity contribution is 5.60. The smallest absolute Gasteiger partial charge is 0.109 e. The number of benzene rings is 2. The lowest BCUT2D eigenvalue weighted by Crippen LogP contribution is -2.57. The minimum Gasteiger partial charge on any atom is -0.362 e. The number of nitrogens with two attached hydrogens (primary N) is 2. The Balaban J connectivity index is 1.83. The number of anilines is 1. The number of para-hydroxylation sites is 1. The fourth-order valence-electron chi connectivity index (χ4n) is 3.80. The first-order chi connectivity index (χ1) is 10.7. The number of fused-ring (bicyclic) bond motifs is 5. The van der Waals surface area contributed by atoms with Gasteiger partial charge in [0, 0.05) is 25.3 Å². The summed E-state index contributed by atoms with van der Waals surface area (Å²) in [5, 5.41) is 0. The Morgan fingerprint density at radius 2 is 1.64 bits per heavy atom. The first-order valence-corrected chi connectivity index (χ1v) is 7.91. The third-order valence-electron chi connectivity index (χ3n) is 4.93. The molecule has 0 radical (unpaired) electrons. The maximum atomic E-state index is 5.93. The molecule has 4 nitrogen and oxygen atoms in total. The van der Waals surface area contributed by atoms with E-state index in [1.54, 1.807) is 0 Å². The molecule has 114 valence electrons. The van der Waals surface area contributed by atoms with E-state index in [1.807, 2.05) is 0 Å². The predicted molar refractivity (Wildman–Crippen MR) is 89.5 cm³/mol. The van der Waals surface area contributed by atoms with Crippen molar-refractivity contribution in [2.45, 2.75) is 18.8 Å². The van der Waals surface area contributed by atoms with Gasteiger partial charge in [0.2, 0.25) is 0 Å². The lowest BCUT2D eigenvalue weighted by Gasteiger charge is -2.44. The number of hydrogen-bond donors (Lipinski definition) is 2. The average molecular weight is 294 g/mol. The topological polar surface area (TPSA) is 58.5 Å². The summed E-state index contributed by atoms with van der Waals surface area (Å²) in [4.78, 5) is 4.70. The molecule has 1 atom stereocenters. The fourth-order valence-corrected chi connectivity index (χ4v) is 3.80. The lowest BCUT2D eigenvalue weighted by atomic mass is 9.96. The zero-order valence-electron chi connectivity index (χ0n) is 12.7. The molecule has 2 heterocycles. The van der Waals surface area contributed by atoms with E-state index >= 15 is 0 Å². The zero-order valence-corrected chi connectivity index (χ0v) is 12.7.